The molecule has 2 nitrogen and oxygen atoms in total. The van der Waals surface area contributed by atoms with Crippen LogP contribution >= 0.6 is 11.3 Å². The van der Waals surface area contributed by atoms with E-state index >= 15 is 0 Å². The van der Waals surface area contributed by atoms with Crippen molar-refractivity contribution in [3.63, 3.8) is 0 Å². The van der Waals surface area contributed by atoms with Gasteiger partial charge in [0.15, 0.2) is 0 Å². The molecule has 1 unspecified atom stereocenters. The molecule has 1 heterocycles. The number of thiophene rings is 1. The van der Waals surface area contributed by atoms with E-state index in [2.05, 4.69) is 60.9 Å². The fourth-order valence-electron chi connectivity index (χ4n) is 2.21. The van der Waals surface area contributed by atoms with Crippen LogP contribution in [-0.2, 0) is 6.54 Å². The highest BCUT2D eigenvalue weighted by molar-refractivity contribution is 7.10. The second-order valence-corrected chi connectivity index (χ2v) is 6.18. The number of ether oxygens (including phenoxy) is 1. The van der Waals surface area contributed by atoms with E-state index in [1.807, 2.05) is 11.3 Å². The smallest absolute Gasteiger partial charge is 0.119 e. The molecule has 0 amide bonds. The lowest BCUT2D eigenvalue weighted by Gasteiger charge is -2.15. The summed E-state index contributed by atoms with van der Waals surface area (Å²) in [6.07, 6.45) is 3.39. The average Bonchev–Trinajstić information content (AvgIpc) is 3.04. The number of nitrogens with one attached hydrogen (secondary N) is 1. The Labute approximate surface area is 132 Å². The molecular weight excluding hydrogens is 278 g/mol. The van der Waals surface area contributed by atoms with Crippen molar-refractivity contribution in [2.75, 3.05) is 6.61 Å². The van der Waals surface area contributed by atoms with Crippen LogP contribution in [0.2, 0.25) is 0 Å². The molecule has 0 radical (unpaired) electrons. The van der Waals surface area contributed by atoms with Crippen molar-refractivity contribution >= 4 is 11.3 Å². The van der Waals surface area contributed by atoms with Crippen LogP contribution in [-0.4, -0.2) is 6.61 Å². The highest BCUT2D eigenvalue weighted by atomic mass is 32.1. The van der Waals surface area contributed by atoms with Gasteiger partial charge in [-0.2, -0.15) is 0 Å². The van der Waals surface area contributed by atoms with E-state index in [9.17, 15) is 0 Å². The number of hydrogen-bond donors (Lipinski definition) is 1. The summed E-state index contributed by atoms with van der Waals surface area (Å²) < 4.78 is 5.69. The SMILES string of the molecule is CCCCOc1ccc(CNC(CC)c2cccs2)cc1. The Morgan fingerprint density at radius 2 is 1.95 bits per heavy atom. The Morgan fingerprint density at radius 1 is 1.14 bits per heavy atom. The molecule has 2 rings (SSSR count). The second-order valence-electron chi connectivity index (χ2n) is 5.20. The van der Waals surface area contributed by atoms with Gasteiger partial charge in [0, 0.05) is 17.5 Å². The van der Waals surface area contributed by atoms with E-state index < -0.39 is 0 Å². The first-order valence-corrected chi connectivity index (χ1v) is 8.70. The third kappa shape index (κ3) is 5.18. The molecule has 0 saturated heterocycles. The molecule has 114 valence electrons. The van der Waals surface area contributed by atoms with Gasteiger partial charge in [-0.3, -0.25) is 0 Å². The fourth-order valence-corrected chi connectivity index (χ4v) is 3.10. The first-order valence-electron chi connectivity index (χ1n) is 7.82. The van der Waals surface area contributed by atoms with Crippen molar-refractivity contribution in [3.05, 3.63) is 52.2 Å². The van der Waals surface area contributed by atoms with Crippen molar-refractivity contribution in [2.45, 2.75) is 45.7 Å². The largest absolute Gasteiger partial charge is 0.494 e. The van der Waals surface area contributed by atoms with Crippen molar-refractivity contribution < 1.29 is 4.74 Å². The Balaban J connectivity index is 1.82. The topological polar surface area (TPSA) is 21.3 Å². The van der Waals surface area contributed by atoms with Crippen molar-refractivity contribution in [1.29, 1.82) is 0 Å². The van der Waals surface area contributed by atoms with Gasteiger partial charge in [0.05, 0.1) is 6.61 Å². The van der Waals surface area contributed by atoms with E-state index in [-0.39, 0.29) is 0 Å². The zero-order valence-electron chi connectivity index (χ0n) is 13.0. The molecule has 2 aromatic rings. The quantitative estimate of drug-likeness (QED) is 0.645. The molecular formula is C18H25NOS. The minimum Gasteiger partial charge on any atom is -0.494 e. The first-order chi connectivity index (χ1) is 10.3. The third-order valence-corrected chi connectivity index (χ3v) is 4.52. The molecule has 1 aromatic carbocycles. The van der Waals surface area contributed by atoms with Gasteiger partial charge in [0.25, 0.3) is 0 Å². The Morgan fingerprint density at radius 3 is 2.57 bits per heavy atom. The summed E-state index contributed by atoms with van der Waals surface area (Å²) in [6.45, 7) is 6.11. The van der Waals surface area contributed by atoms with E-state index in [1.165, 1.54) is 16.9 Å². The monoisotopic (exact) mass is 303 g/mol. The maximum Gasteiger partial charge on any atom is 0.119 e. The second kappa shape index (κ2) is 8.85. The van der Waals surface area contributed by atoms with Gasteiger partial charge in [0.1, 0.15) is 5.75 Å². The minimum absolute atomic E-state index is 0.450. The Bertz CT molecular complexity index is 492. The van der Waals surface area contributed by atoms with Gasteiger partial charge in [-0.15, -0.1) is 11.3 Å². The summed E-state index contributed by atoms with van der Waals surface area (Å²) in [5.41, 5.74) is 1.30. The molecule has 3 heteroatoms. The Kier molecular flexibility index (Phi) is 6.77. The standard InChI is InChI=1S/C18H25NOS/c1-3-5-12-20-16-10-8-15(9-11-16)14-19-17(4-2)18-7-6-13-21-18/h6-11,13,17,19H,3-5,12,14H2,1-2H3. The molecule has 1 aromatic heterocycles. The van der Waals surface area contributed by atoms with Crippen molar-refractivity contribution in [1.82, 2.24) is 5.32 Å². The summed E-state index contributed by atoms with van der Waals surface area (Å²) in [4.78, 5) is 1.41. The summed E-state index contributed by atoms with van der Waals surface area (Å²) in [6, 6.07) is 13.2. The van der Waals surface area contributed by atoms with E-state index in [0.717, 1.165) is 31.7 Å². The van der Waals surface area contributed by atoms with Gasteiger partial charge >= 0.3 is 0 Å². The van der Waals surface area contributed by atoms with Crippen molar-refractivity contribution in [3.8, 4) is 5.75 Å². The summed E-state index contributed by atoms with van der Waals surface area (Å²) in [5.74, 6) is 0.970. The molecule has 1 atom stereocenters. The van der Waals surface area contributed by atoms with Gasteiger partial charge in [-0.1, -0.05) is 38.5 Å². The van der Waals surface area contributed by atoms with E-state index in [4.69, 9.17) is 4.74 Å². The molecule has 0 aliphatic carbocycles. The van der Waals surface area contributed by atoms with Gasteiger partial charge < -0.3 is 10.1 Å². The Hall–Kier alpha value is -1.32. The van der Waals surface area contributed by atoms with Crippen LogP contribution < -0.4 is 10.1 Å². The summed E-state index contributed by atoms with van der Waals surface area (Å²) in [7, 11) is 0. The lowest BCUT2D eigenvalue weighted by molar-refractivity contribution is 0.309. The molecule has 21 heavy (non-hydrogen) atoms. The molecule has 0 bridgehead atoms. The normalized spacial score (nSPS) is 12.3. The van der Waals surface area contributed by atoms with Crippen LogP contribution in [0.1, 0.15) is 49.6 Å². The van der Waals surface area contributed by atoms with Crippen LogP contribution in [0, 0.1) is 0 Å². The van der Waals surface area contributed by atoms with E-state index in [1.54, 1.807) is 0 Å². The van der Waals surface area contributed by atoms with E-state index in [0.29, 0.717) is 6.04 Å². The predicted molar refractivity (Wildman–Crippen MR) is 91.0 cm³/mol. The van der Waals surface area contributed by atoms with Crippen LogP contribution in [0.25, 0.3) is 0 Å². The average molecular weight is 303 g/mol. The zero-order chi connectivity index (χ0) is 14.9. The maximum absolute atomic E-state index is 5.69. The number of unbranched alkanes of at least 4 members (excludes halogenated alkanes) is 1. The number of rotatable bonds is 9. The van der Waals surface area contributed by atoms with Crippen molar-refractivity contribution in [2.24, 2.45) is 0 Å². The van der Waals surface area contributed by atoms with Gasteiger partial charge in [-0.25, -0.2) is 0 Å². The molecule has 0 spiro atoms. The summed E-state index contributed by atoms with van der Waals surface area (Å²) >= 11 is 1.82. The van der Waals surface area contributed by atoms with Crippen LogP contribution in [0.4, 0.5) is 0 Å². The molecule has 0 aliphatic rings. The van der Waals surface area contributed by atoms with Crippen LogP contribution in [0.5, 0.6) is 5.75 Å². The molecule has 0 fully saturated rings. The summed E-state index contributed by atoms with van der Waals surface area (Å²) in [5, 5.41) is 5.77. The molecule has 0 aliphatic heterocycles. The first kappa shape index (κ1) is 16.1. The third-order valence-electron chi connectivity index (χ3n) is 3.54. The van der Waals surface area contributed by atoms with Gasteiger partial charge in [0.2, 0.25) is 0 Å². The molecule has 1 N–H and O–H groups in total. The lowest BCUT2D eigenvalue weighted by atomic mass is 10.1. The predicted octanol–water partition coefficient (Wildman–Crippen LogP) is 5.17. The zero-order valence-corrected chi connectivity index (χ0v) is 13.8. The highest BCUT2D eigenvalue weighted by Gasteiger charge is 2.09. The number of benzene rings is 1. The lowest BCUT2D eigenvalue weighted by Crippen LogP contribution is -2.19. The maximum atomic E-state index is 5.69. The van der Waals surface area contributed by atoms with Gasteiger partial charge in [-0.05, 0) is 42.0 Å². The van der Waals surface area contributed by atoms with Crippen LogP contribution in [0.15, 0.2) is 41.8 Å². The highest BCUT2D eigenvalue weighted by Crippen LogP contribution is 2.22. The fraction of sp³-hybridized carbons (Fsp3) is 0.444. The van der Waals surface area contributed by atoms with Crippen LogP contribution in [0.3, 0.4) is 0 Å². The molecule has 0 saturated carbocycles. The minimum atomic E-state index is 0.450. The number of hydrogen-bond acceptors (Lipinski definition) is 3.